The predicted molar refractivity (Wildman–Crippen MR) is 45.5 cm³/mol. The lowest BCUT2D eigenvalue weighted by Gasteiger charge is -2.26. The Bertz CT molecular complexity index is 140. The van der Waals surface area contributed by atoms with Crippen LogP contribution in [0.2, 0.25) is 0 Å². The van der Waals surface area contributed by atoms with E-state index in [1.807, 2.05) is 6.92 Å². The summed E-state index contributed by atoms with van der Waals surface area (Å²) in [6, 6.07) is 0. The van der Waals surface area contributed by atoms with Crippen molar-refractivity contribution in [2.75, 3.05) is 7.11 Å². The standard InChI is InChI=1S/C8H17NO3/c1-4-5-8(2,6-10)9-7(11)12-3/h6-7,9,11H,4-5H2,1-3H3. The summed E-state index contributed by atoms with van der Waals surface area (Å²) in [5, 5.41) is 11.7. The van der Waals surface area contributed by atoms with Gasteiger partial charge in [-0.25, -0.2) is 0 Å². The van der Waals surface area contributed by atoms with Crippen molar-refractivity contribution < 1.29 is 14.6 Å². The van der Waals surface area contributed by atoms with Gasteiger partial charge in [0, 0.05) is 7.11 Å². The Morgan fingerprint density at radius 3 is 2.67 bits per heavy atom. The Kier molecular flexibility index (Phi) is 5.04. The van der Waals surface area contributed by atoms with Crippen LogP contribution in [0.25, 0.3) is 0 Å². The molecule has 0 aromatic carbocycles. The van der Waals surface area contributed by atoms with Gasteiger partial charge < -0.3 is 14.6 Å². The van der Waals surface area contributed by atoms with Crippen molar-refractivity contribution >= 4 is 6.29 Å². The van der Waals surface area contributed by atoms with E-state index in [0.717, 1.165) is 12.7 Å². The van der Waals surface area contributed by atoms with Gasteiger partial charge in [0.15, 0.2) is 0 Å². The van der Waals surface area contributed by atoms with Crippen molar-refractivity contribution in [2.24, 2.45) is 0 Å². The number of carbonyl (C=O) groups is 1. The van der Waals surface area contributed by atoms with Crippen LogP contribution < -0.4 is 5.32 Å². The normalized spacial score (nSPS) is 18.3. The van der Waals surface area contributed by atoms with Crippen LogP contribution in [0.5, 0.6) is 0 Å². The average molecular weight is 175 g/mol. The van der Waals surface area contributed by atoms with Gasteiger partial charge in [-0.05, 0) is 13.3 Å². The maximum Gasteiger partial charge on any atom is 0.214 e. The van der Waals surface area contributed by atoms with E-state index < -0.39 is 12.0 Å². The van der Waals surface area contributed by atoms with Crippen LogP contribution in [0, 0.1) is 0 Å². The van der Waals surface area contributed by atoms with Crippen LogP contribution in [-0.2, 0) is 9.53 Å². The maximum absolute atomic E-state index is 10.6. The van der Waals surface area contributed by atoms with Crippen molar-refractivity contribution in [3.63, 3.8) is 0 Å². The van der Waals surface area contributed by atoms with E-state index in [1.165, 1.54) is 7.11 Å². The molecule has 0 aliphatic rings. The highest BCUT2D eigenvalue weighted by atomic mass is 16.6. The van der Waals surface area contributed by atoms with Gasteiger partial charge in [-0.2, -0.15) is 0 Å². The van der Waals surface area contributed by atoms with Crippen LogP contribution in [-0.4, -0.2) is 30.5 Å². The average Bonchev–Trinajstić information content (AvgIpc) is 2.05. The lowest BCUT2D eigenvalue weighted by atomic mass is 9.99. The highest BCUT2D eigenvalue weighted by Crippen LogP contribution is 2.09. The van der Waals surface area contributed by atoms with Gasteiger partial charge >= 0.3 is 0 Å². The van der Waals surface area contributed by atoms with E-state index in [9.17, 15) is 4.79 Å². The second-order valence-corrected chi connectivity index (χ2v) is 3.02. The molecule has 0 bridgehead atoms. The molecule has 0 aliphatic heterocycles. The van der Waals surface area contributed by atoms with E-state index in [2.05, 4.69) is 10.1 Å². The highest BCUT2D eigenvalue weighted by Gasteiger charge is 2.24. The number of aldehydes is 1. The minimum atomic E-state index is -1.08. The van der Waals surface area contributed by atoms with Crippen molar-refractivity contribution in [2.45, 2.75) is 38.6 Å². The Labute approximate surface area is 72.9 Å². The number of aliphatic hydroxyl groups excluding tert-OH is 1. The first-order valence-corrected chi connectivity index (χ1v) is 4.03. The third kappa shape index (κ3) is 3.80. The molecule has 0 rings (SSSR count). The summed E-state index contributed by atoms with van der Waals surface area (Å²) in [7, 11) is 1.37. The topological polar surface area (TPSA) is 58.6 Å². The van der Waals surface area contributed by atoms with E-state index in [0.29, 0.717) is 6.42 Å². The van der Waals surface area contributed by atoms with Gasteiger partial charge in [0.25, 0.3) is 0 Å². The second kappa shape index (κ2) is 5.24. The van der Waals surface area contributed by atoms with Gasteiger partial charge in [-0.3, -0.25) is 5.32 Å². The van der Waals surface area contributed by atoms with Gasteiger partial charge in [0.2, 0.25) is 6.41 Å². The largest absolute Gasteiger partial charge is 0.356 e. The third-order valence-electron chi connectivity index (χ3n) is 1.71. The molecule has 0 fully saturated rings. The molecule has 0 heterocycles. The van der Waals surface area contributed by atoms with Gasteiger partial charge in [0.1, 0.15) is 6.29 Å². The lowest BCUT2D eigenvalue weighted by Crippen LogP contribution is -2.50. The summed E-state index contributed by atoms with van der Waals surface area (Å²) in [6.07, 6.45) is 1.26. The number of carbonyl (C=O) groups excluding carboxylic acids is 1. The zero-order valence-corrected chi connectivity index (χ0v) is 7.83. The molecule has 4 nitrogen and oxygen atoms in total. The van der Waals surface area contributed by atoms with E-state index in [4.69, 9.17) is 5.11 Å². The molecule has 4 heteroatoms. The van der Waals surface area contributed by atoms with Crippen molar-refractivity contribution in [1.82, 2.24) is 5.32 Å². The van der Waals surface area contributed by atoms with Gasteiger partial charge in [-0.15, -0.1) is 0 Å². The number of methoxy groups -OCH3 is 1. The highest BCUT2D eigenvalue weighted by molar-refractivity contribution is 5.63. The molecule has 72 valence electrons. The predicted octanol–water partition coefficient (Wildman–Crippen LogP) is 0.256. The molecule has 0 saturated carbocycles. The van der Waals surface area contributed by atoms with Crippen molar-refractivity contribution in [3.8, 4) is 0 Å². The number of ether oxygens (including phenoxy) is 1. The summed E-state index contributed by atoms with van der Waals surface area (Å²) < 4.78 is 4.58. The number of aliphatic hydroxyl groups is 1. The van der Waals surface area contributed by atoms with Crippen LogP contribution in [0.1, 0.15) is 26.7 Å². The quantitative estimate of drug-likeness (QED) is 0.449. The van der Waals surface area contributed by atoms with Crippen molar-refractivity contribution in [1.29, 1.82) is 0 Å². The van der Waals surface area contributed by atoms with Crippen LogP contribution >= 0.6 is 0 Å². The fourth-order valence-electron chi connectivity index (χ4n) is 1.03. The van der Waals surface area contributed by atoms with Crippen LogP contribution in [0.15, 0.2) is 0 Å². The van der Waals surface area contributed by atoms with E-state index in [-0.39, 0.29) is 0 Å². The monoisotopic (exact) mass is 175 g/mol. The van der Waals surface area contributed by atoms with E-state index >= 15 is 0 Å². The number of rotatable bonds is 6. The lowest BCUT2D eigenvalue weighted by molar-refractivity contribution is -0.130. The first-order chi connectivity index (χ1) is 5.58. The molecule has 0 spiro atoms. The maximum atomic E-state index is 10.6. The van der Waals surface area contributed by atoms with Crippen molar-refractivity contribution in [3.05, 3.63) is 0 Å². The molecule has 0 saturated heterocycles. The second-order valence-electron chi connectivity index (χ2n) is 3.02. The minimum Gasteiger partial charge on any atom is -0.356 e. The molecule has 12 heavy (non-hydrogen) atoms. The molecule has 2 atom stereocenters. The zero-order chi connectivity index (χ0) is 9.61. The minimum absolute atomic E-state index is 0.678. The summed E-state index contributed by atoms with van der Waals surface area (Å²) in [5.41, 5.74) is -0.690. The summed E-state index contributed by atoms with van der Waals surface area (Å²) in [5.74, 6) is 0. The first kappa shape index (κ1) is 11.6. The molecule has 0 amide bonds. The van der Waals surface area contributed by atoms with E-state index in [1.54, 1.807) is 6.92 Å². The zero-order valence-electron chi connectivity index (χ0n) is 7.83. The SMILES string of the molecule is CCCC(C)(C=O)NC(O)OC. The summed E-state index contributed by atoms with van der Waals surface area (Å²) in [6.45, 7) is 3.70. The summed E-state index contributed by atoms with van der Waals surface area (Å²) in [4.78, 5) is 10.6. The molecule has 0 radical (unpaired) electrons. The van der Waals surface area contributed by atoms with Gasteiger partial charge in [0.05, 0.1) is 5.54 Å². The molecular formula is C8H17NO3. The Balaban J connectivity index is 4.03. The third-order valence-corrected chi connectivity index (χ3v) is 1.71. The fraction of sp³-hybridized carbons (Fsp3) is 0.875. The van der Waals surface area contributed by atoms with Crippen LogP contribution in [0.4, 0.5) is 0 Å². The molecule has 2 N–H and O–H groups in total. The Morgan fingerprint density at radius 1 is 1.75 bits per heavy atom. The smallest absolute Gasteiger partial charge is 0.214 e. The number of hydrogen-bond acceptors (Lipinski definition) is 4. The molecule has 0 aromatic heterocycles. The Morgan fingerprint density at radius 2 is 2.33 bits per heavy atom. The van der Waals surface area contributed by atoms with Gasteiger partial charge in [-0.1, -0.05) is 13.3 Å². The molecule has 0 aromatic rings. The number of nitrogens with one attached hydrogen (secondary N) is 1. The molecular weight excluding hydrogens is 158 g/mol. The molecule has 0 aliphatic carbocycles. The Hall–Kier alpha value is -0.450. The van der Waals surface area contributed by atoms with Crippen LogP contribution in [0.3, 0.4) is 0 Å². The fourth-order valence-corrected chi connectivity index (χ4v) is 1.03. The first-order valence-electron chi connectivity index (χ1n) is 4.03. The molecule has 2 unspecified atom stereocenters. The number of hydrogen-bond donors (Lipinski definition) is 2. The summed E-state index contributed by atoms with van der Waals surface area (Å²) >= 11 is 0.